The highest BCUT2D eigenvalue weighted by atomic mass is 32.2. The van der Waals surface area contributed by atoms with Gasteiger partial charge in [0.05, 0.1) is 10.6 Å². The maximum Gasteiger partial charge on any atom is 0.262 e. The number of ether oxygens (including phenoxy) is 1. The second kappa shape index (κ2) is 9.32. The lowest BCUT2D eigenvalue weighted by atomic mass is 10.2. The minimum absolute atomic E-state index is 0.115. The summed E-state index contributed by atoms with van der Waals surface area (Å²) in [5, 5.41) is 15.1. The topological polar surface area (TPSA) is 128 Å². The molecule has 0 unspecified atom stereocenters. The average molecular weight is 479 g/mol. The van der Waals surface area contributed by atoms with Gasteiger partial charge in [0.25, 0.3) is 10.0 Å². The molecule has 10 nitrogen and oxygen atoms in total. The van der Waals surface area contributed by atoms with E-state index in [4.69, 9.17) is 4.74 Å². The number of nitrogens with one attached hydrogen (secondary N) is 2. The minimum Gasteiger partial charge on any atom is -0.438 e. The molecule has 11 heteroatoms. The van der Waals surface area contributed by atoms with Crippen LogP contribution in [-0.4, -0.2) is 34.3 Å². The van der Waals surface area contributed by atoms with E-state index >= 15 is 0 Å². The van der Waals surface area contributed by atoms with Crippen LogP contribution in [0.25, 0.3) is 5.82 Å². The second-order valence-electron chi connectivity index (χ2n) is 7.52. The number of aromatic nitrogens is 4. The predicted molar refractivity (Wildman–Crippen MR) is 127 cm³/mol. The summed E-state index contributed by atoms with van der Waals surface area (Å²) in [7, 11) is -3.82. The van der Waals surface area contributed by atoms with E-state index in [9.17, 15) is 13.2 Å². The maximum atomic E-state index is 12.8. The monoisotopic (exact) mass is 478 g/mol. The van der Waals surface area contributed by atoms with Crippen molar-refractivity contribution in [1.29, 1.82) is 0 Å². The van der Waals surface area contributed by atoms with E-state index in [1.165, 1.54) is 13.0 Å². The van der Waals surface area contributed by atoms with Gasteiger partial charge in [-0.2, -0.15) is 5.10 Å². The van der Waals surface area contributed by atoms with Crippen LogP contribution < -0.4 is 14.8 Å². The molecule has 1 amide bonds. The molecule has 0 aliphatic heterocycles. The number of anilines is 2. The Balaban J connectivity index is 1.43. The molecule has 0 atom stereocenters. The van der Waals surface area contributed by atoms with Crippen molar-refractivity contribution in [3.8, 4) is 17.4 Å². The van der Waals surface area contributed by atoms with Crippen LogP contribution in [-0.2, 0) is 14.8 Å². The van der Waals surface area contributed by atoms with Gasteiger partial charge in [-0.3, -0.25) is 9.52 Å². The molecule has 34 heavy (non-hydrogen) atoms. The molecule has 0 aliphatic carbocycles. The number of hydrogen-bond acceptors (Lipinski definition) is 7. The highest BCUT2D eigenvalue weighted by Crippen LogP contribution is 2.25. The summed E-state index contributed by atoms with van der Waals surface area (Å²) in [5.74, 6) is 1.09. The SMILES string of the molecule is CC(=O)Nc1ccc(S(=O)(=O)Nc2ccc(Oc3ccc(-n4ccc(C)n4)nn3)cc2)c(C)c1. The van der Waals surface area contributed by atoms with Gasteiger partial charge < -0.3 is 10.1 Å². The van der Waals surface area contributed by atoms with E-state index in [1.807, 2.05) is 13.0 Å². The molecule has 4 rings (SSSR count). The van der Waals surface area contributed by atoms with Crippen molar-refractivity contribution in [3.05, 3.63) is 78.1 Å². The molecule has 0 radical (unpaired) electrons. The largest absolute Gasteiger partial charge is 0.438 e. The Hall–Kier alpha value is -4.25. The summed E-state index contributed by atoms with van der Waals surface area (Å²) in [5.41, 5.74) is 2.27. The number of nitrogens with zero attached hydrogens (tertiary/aromatic N) is 4. The van der Waals surface area contributed by atoms with Crippen molar-refractivity contribution >= 4 is 27.3 Å². The van der Waals surface area contributed by atoms with Gasteiger partial charge in [-0.05, 0) is 74.0 Å². The molecule has 0 bridgehead atoms. The highest BCUT2D eigenvalue weighted by Gasteiger charge is 2.17. The fourth-order valence-electron chi connectivity index (χ4n) is 3.19. The lowest BCUT2D eigenvalue weighted by Crippen LogP contribution is -2.14. The van der Waals surface area contributed by atoms with E-state index in [2.05, 4.69) is 25.3 Å². The zero-order chi connectivity index (χ0) is 24.3. The first-order valence-electron chi connectivity index (χ1n) is 10.2. The van der Waals surface area contributed by atoms with Crippen molar-refractivity contribution in [2.24, 2.45) is 0 Å². The molecule has 2 aromatic heterocycles. The minimum atomic E-state index is -3.82. The van der Waals surface area contributed by atoms with Crippen molar-refractivity contribution in [2.45, 2.75) is 25.7 Å². The molecule has 2 N–H and O–H groups in total. The Morgan fingerprint density at radius 3 is 2.26 bits per heavy atom. The number of rotatable bonds is 7. The number of carbonyl (C=O) groups is 1. The van der Waals surface area contributed by atoms with E-state index in [0.29, 0.717) is 28.5 Å². The molecule has 2 heterocycles. The number of hydrogen-bond donors (Lipinski definition) is 2. The van der Waals surface area contributed by atoms with Crippen LogP contribution in [0.1, 0.15) is 18.2 Å². The summed E-state index contributed by atoms with van der Waals surface area (Å²) < 4.78 is 35.5. The molecular formula is C23H22N6O4S. The van der Waals surface area contributed by atoms with Gasteiger partial charge in [0.1, 0.15) is 5.75 Å². The van der Waals surface area contributed by atoms with Crippen molar-refractivity contribution in [3.63, 3.8) is 0 Å². The van der Waals surface area contributed by atoms with Gasteiger partial charge in [0.2, 0.25) is 11.8 Å². The first-order valence-corrected chi connectivity index (χ1v) is 11.7. The van der Waals surface area contributed by atoms with Crippen LogP contribution in [0, 0.1) is 13.8 Å². The van der Waals surface area contributed by atoms with E-state index < -0.39 is 10.0 Å². The third-order valence-corrected chi connectivity index (χ3v) is 6.24. The molecule has 0 aliphatic rings. The molecule has 2 aromatic carbocycles. The fourth-order valence-corrected chi connectivity index (χ4v) is 4.47. The quantitative estimate of drug-likeness (QED) is 0.413. The Morgan fingerprint density at radius 1 is 0.941 bits per heavy atom. The third-order valence-electron chi connectivity index (χ3n) is 4.70. The zero-order valence-corrected chi connectivity index (χ0v) is 19.5. The van der Waals surface area contributed by atoms with Gasteiger partial charge in [0, 0.05) is 30.6 Å². The van der Waals surface area contributed by atoms with Gasteiger partial charge in [-0.1, -0.05) is 0 Å². The number of sulfonamides is 1. The van der Waals surface area contributed by atoms with Crippen molar-refractivity contribution in [1.82, 2.24) is 20.0 Å². The number of carbonyl (C=O) groups excluding carboxylic acids is 1. The summed E-state index contributed by atoms with van der Waals surface area (Å²) in [6.07, 6.45) is 1.79. The number of aryl methyl sites for hydroxylation is 2. The number of benzene rings is 2. The Labute approximate surface area is 196 Å². The first-order chi connectivity index (χ1) is 16.2. The van der Waals surface area contributed by atoms with E-state index in [0.717, 1.165) is 5.69 Å². The third kappa shape index (κ3) is 5.38. The fraction of sp³-hybridized carbons (Fsp3) is 0.130. The Kier molecular flexibility index (Phi) is 6.28. The number of amides is 1. The van der Waals surface area contributed by atoms with Gasteiger partial charge in [0.15, 0.2) is 5.82 Å². The Bertz CT molecular complexity index is 1430. The van der Waals surface area contributed by atoms with Crippen LogP contribution in [0.4, 0.5) is 11.4 Å². The Morgan fingerprint density at radius 2 is 1.68 bits per heavy atom. The highest BCUT2D eigenvalue weighted by molar-refractivity contribution is 7.92. The normalized spacial score (nSPS) is 11.1. The van der Waals surface area contributed by atoms with Crippen LogP contribution in [0.15, 0.2) is 71.8 Å². The maximum absolute atomic E-state index is 12.8. The molecule has 0 saturated heterocycles. The predicted octanol–water partition coefficient (Wildman–Crippen LogP) is 3.83. The summed E-state index contributed by atoms with van der Waals surface area (Å²) in [6, 6.07) is 16.3. The van der Waals surface area contributed by atoms with Crippen LogP contribution in [0.3, 0.4) is 0 Å². The molecular weight excluding hydrogens is 456 g/mol. The molecule has 174 valence electrons. The van der Waals surface area contributed by atoms with Crippen LogP contribution >= 0.6 is 0 Å². The van der Waals surface area contributed by atoms with Gasteiger partial charge in [-0.25, -0.2) is 13.1 Å². The van der Waals surface area contributed by atoms with Gasteiger partial charge >= 0.3 is 0 Å². The zero-order valence-electron chi connectivity index (χ0n) is 18.7. The average Bonchev–Trinajstić information content (AvgIpc) is 3.21. The lowest BCUT2D eigenvalue weighted by molar-refractivity contribution is -0.114. The second-order valence-corrected chi connectivity index (χ2v) is 9.18. The smallest absolute Gasteiger partial charge is 0.262 e. The van der Waals surface area contributed by atoms with E-state index in [1.54, 1.807) is 66.3 Å². The summed E-state index contributed by atoms with van der Waals surface area (Å²) in [4.78, 5) is 11.3. The van der Waals surface area contributed by atoms with Crippen LogP contribution in [0.5, 0.6) is 11.6 Å². The van der Waals surface area contributed by atoms with Gasteiger partial charge in [-0.15, -0.1) is 10.2 Å². The lowest BCUT2D eigenvalue weighted by Gasteiger charge is -2.12. The molecule has 0 spiro atoms. The standard InChI is InChI=1S/C23H22N6O4S/c1-15-14-19(24-17(3)30)6-9-21(15)34(31,32)28-18-4-7-20(8-5-18)33-23-11-10-22(25-26-23)29-13-12-16(2)27-29/h4-14,28H,1-3H3,(H,24,30). The van der Waals surface area contributed by atoms with E-state index in [-0.39, 0.29) is 16.7 Å². The van der Waals surface area contributed by atoms with Crippen LogP contribution in [0.2, 0.25) is 0 Å². The molecule has 4 aromatic rings. The van der Waals surface area contributed by atoms with Crippen molar-refractivity contribution < 1.29 is 17.9 Å². The summed E-state index contributed by atoms with van der Waals surface area (Å²) in [6.45, 7) is 4.94. The first kappa shape index (κ1) is 22.9. The molecule has 0 saturated carbocycles. The van der Waals surface area contributed by atoms with Crippen molar-refractivity contribution in [2.75, 3.05) is 10.0 Å². The summed E-state index contributed by atoms with van der Waals surface area (Å²) >= 11 is 0. The molecule has 0 fully saturated rings.